The number of hydrogen-bond donors (Lipinski definition) is 1. The first kappa shape index (κ1) is 10.8. The van der Waals surface area contributed by atoms with E-state index in [0.29, 0.717) is 12.8 Å². The van der Waals surface area contributed by atoms with Crippen LogP contribution in [0.25, 0.3) is 0 Å². The Morgan fingerprint density at radius 3 is 2.42 bits per heavy atom. The Labute approximate surface area is 72.5 Å². The molecule has 1 N–H and O–H groups in total. The molecule has 0 heterocycles. The molecule has 0 aliphatic heterocycles. The third-order valence-corrected chi connectivity index (χ3v) is 1.37. The largest absolute Gasteiger partial charge is 0.500 e. The molecule has 0 spiro atoms. The van der Waals surface area contributed by atoms with Crippen LogP contribution in [-0.2, 0) is 14.3 Å². The van der Waals surface area contributed by atoms with E-state index in [1.54, 1.807) is 20.4 Å². The first-order valence-corrected chi connectivity index (χ1v) is 3.71. The van der Waals surface area contributed by atoms with Crippen molar-refractivity contribution in [2.24, 2.45) is 0 Å². The van der Waals surface area contributed by atoms with Crippen LogP contribution < -0.4 is 5.32 Å². The highest BCUT2D eigenvalue weighted by Gasteiger charge is 2.02. The van der Waals surface area contributed by atoms with Crippen molar-refractivity contribution in [3.05, 3.63) is 12.0 Å². The minimum Gasteiger partial charge on any atom is -0.500 e. The zero-order chi connectivity index (χ0) is 9.40. The molecule has 0 radical (unpaired) electrons. The van der Waals surface area contributed by atoms with Gasteiger partial charge in [0.1, 0.15) is 5.76 Å². The summed E-state index contributed by atoms with van der Waals surface area (Å²) in [6.07, 6.45) is 2.62. The topological polar surface area (TPSA) is 47.6 Å². The second-order valence-electron chi connectivity index (χ2n) is 2.18. The quantitative estimate of drug-likeness (QED) is 0.489. The monoisotopic (exact) mass is 173 g/mol. The predicted molar refractivity (Wildman–Crippen MR) is 45.4 cm³/mol. The second-order valence-corrected chi connectivity index (χ2v) is 2.18. The van der Waals surface area contributed by atoms with E-state index in [-0.39, 0.29) is 5.97 Å². The summed E-state index contributed by atoms with van der Waals surface area (Å²) in [4.78, 5) is 10.7. The molecule has 0 atom stereocenters. The van der Waals surface area contributed by atoms with Gasteiger partial charge in [-0.15, -0.1) is 0 Å². The summed E-state index contributed by atoms with van der Waals surface area (Å²) in [5.41, 5.74) is 0. The highest BCUT2D eigenvalue weighted by molar-refractivity contribution is 5.69. The Hall–Kier alpha value is -1.19. The highest BCUT2D eigenvalue weighted by Crippen LogP contribution is 2.04. The molecule has 0 amide bonds. The van der Waals surface area contributed by atoms with Crippen molar-refractivity contribution in [1.82, 2.24) is 5.32 Å². The lowest BCUT2D eigenvalue weighted by atomic mass is 10.3. The van der Waals surface area contributed by atoms with Crippen LogP contribution in [0.1, 0.15) is 12.8 Å². The Morgan fingerprint density at radius 1 is 1.33 bits per heavy atom. The molecule has 0 bridgehead atoms. The maximum Gasteiger partial charge on any atom is 0.305 e. The molecule has 0 saturated heterocycles. The predicted octanol–water partition coefficient (Wildman–Crippen LogP) is 0.647. The van der Waals surface area contributed by atoms with Crippen molar-refractivity contribution in [3.8, 4) is 0 Å². The third kappa shape index (κ3) is 4.60. The van der Waals surface area contributed by atoms with Gasteiger partial charge in [-0.3, -0.25) is 4.79 Å². The molecule has 0 aromatic rings. The van der Waals surface area contributed by atoms with E-state index in [4.69, 9.17) is 4.74 Å². The van der Waals surface area contributed by atoms with Crippen molar-refractivity contribution in [1.29, 1.82) is 0 Å². The van der Waals surface area contributed by atoms with Crippen molar-refractivity contribution in [2.45, 2.75) is 12.8 Å². The number of allylic oxidation sites excluding steroid dienone is 1. The van der Waals surface area contributed by atoms with Gasteiger partial charge in [0, 0.05) is 19.7 Å². The van der Waals surface area contributed by atoms with Crippen LogP contribution in [0.4, 0.5) is 0 Å². The zero-order valence-electron chi connectivity index (χ0n) is 7.72. The molecule has 0 rings (SSSR count). The van der Waals surface area contributed by atoms with Gasteiger partial charge in [-0.25, -0.2) is 0 Å². The maximum absolute atomic E-state index is 10.7. The smallest absolute Gasteiger partial charge is 0.305 e. The number of rotatable bonds is 5. The van der Waals surface area contributed by atoms with E-state index in [1.807, 2.05) is 0 Å². The lowest BCUT2D eigenvalue weighted by Crippen LogP contribution is -2.03. The first-order valence-electron chi connectivity index (χ1n) is 3.71. The number of esters is 1. The molecule has 12 heavy (non-hydrogen) atoms. The molecule has 0 aliphatic carbocycles. The van der Waals surface area contributed by atoms with E-state index in [1.165, 1.54) is 7.11 Å². The minimum absolute atomic E-state index is 0.228. The highest BCUT2D eigenvalue weighted by atomic mass is 16.5. The SMILES string of the molecule is CN/C=C(\CCC(=O)OC)OC. The fraction of sp³-hybridized carbons (Fsp3) is 0.625. The van der Waals surface area contributed by atoms with Crippen LogP contribution in [-0.4, -0.2) is 27.2 Å². The van der Waals surface area contributed by atoms with Gasteiger partial charge in [-0.2, -0.15) is 0 Å². The summed E-state index contributed by atoms with van der Waals surface area (Å²) in [5.74, 6) is 0.511. The van der Waals surface area contributed by atoms with Crippen molar-refractivity contribution in [2.75, 3.05) is 21.3 Å². The Morgan fingerprint density at radius 2 is 2.00 bits per heavy atom. The Balaban J connectivity index is 3.73. The number of carbonyl (C=O) groups excluding carboxylic acids is 1. The molecule has 0 aliphatic rings. The molecular formula is C8H15NO3. The van der Waals surface area contributed by atoms with Crippen LogP contribution in [0.15, 0.2) is 12.0 Å². The summed E-state index contributed by atoms with van der Waals surface area (Å²) >= 11 is 0. The van der Waals surface area contributed by atoms with Gasteiger partial charge in [-0.05, 0) is 0 Å². The number of ether oxygens (including phenoxy) is 2. The van der Waals surface area contributed by atoms with Gasteiger partial charge >= 0.3 is 5.97 Å². The second kappa shape index (κ2) is 6.52. The van der Waals surface area contributed by atoms with Gasteiger partial charge in [0.05, 0.1) is 20.6 Å². The van der Waals surface area contributed by atoms with Gasteiger partial charge in [0.2, 0.25) is 0 Å². The molecular weight excluding hydrogens is 158 g/mol. The molecule has 0 fully saturated rings. The fourth-order valence-corrected chi connectivity index (χ4v) is 0.721. The maximum atomic E-state index is 10.7. The summed E-state index contributed by atoms with van der Waals surface area (Å²) in [6, 6.07) is 0. The van der Waals surface area contributed by atoms with Gasteiger partial charge in [0.25, 0.3) is 0 Å². The zero-order valence-corrected chi connectivity index (χ0v) is 7.72. The summed E-state index contributed by atoms with van der Waals surface area (Å²) < 4.78 is 9.46. The van der Waals surface area contributed by atoms with Crippen LogP contribution in [0.3, 0.4) is 0 Å². The van der Waals surface area contributed by atoms with E-state index in [0.717, 1.165) is 5.76 Å². The fourth-order valence-electron chi connectivity index (χ4n) is 0.721. The molecule has 4 nitrogen and oxygen atoms in total. The minimum atomic E-state index is -0.228. The summed E-state index contributed by atoms with van der Waals surface area (Å²) in [5, 5.41) is 2.82. The first-order chi connectivity index (χ1) is 5.74. The van der Waals surface area contributed by atoms with Gasteiger partial charge in [0.15, 0.2) is 0 Å². The standard InChI is InChI=1S/C8H15NO3/c1-9-6-7(11-2)4-5-8(10)12-3/h6,9H,4-5H2,1-3H3/b7-6+. The van der Waals surface area contributed by atoms with E-state index < -0.39 is 0 Å². The summed E-state index contributed by atoms with van der Waals surface area (Å²) in [7, 11) is 4.72. The number of carbonyl (C=O) groups is 1. The van der Waals surface area contributed by atoms with Crippen LogP contribution >= 0.6 is 0 Å². The van der Waals surface area contributed by atoms with Crippen LogP contribution in [0.5, 0.6) is 0 Å². The average molecular weight is 173 g/mol. The Bertz CT molecular complexity index is 166. The van der Waals surface area contributed by atoms with Crippen molar-refractivity contribution >= 4 is 5.97 Å². The van der Waals surface area contributed by atoms with Crippen LogP contribution in [0, 0.1) is 0 Å². The molecule has 0 aromatic heterocycles. The normalized spacial score (nSPS) is 10.8. The number of nitrogens with one attached hydrogen (secondary N) is 1. The van der Waals surface area contributed by atoms with E-state index in [9.17, 15) is 4.79 Å². The van der Waals surface area contributed by atoms with Crippen molar-refractivity contribution in [3.63, 3.8) is 0 Å². The lowest BCUT2D eigenvalue weighted by molar-refractivity contribution is -0.140. The number of methoxy groups -OCH3 is 2. The van der Waals surface area contributed by atoms with Crippen LogP contribution in [0.2, 0.25) is 0 Å². The average Bonchev–Trinajstić information content (AvgIpc) is 2.11. The molecule has 0 unspecified atom stereocenters. The molecule has 0 saturated carbocycles. The lowest BCUT2D eigenvalue weighted by Gasteiger charge is -2.04. The van der Waals surface area contributed by atoms with Crippen molar-refractivity contribution < 1.29 is 14.3 Å². The molecule has 70 valence electrons. The van der Waals surface area contributed by atoms with Gasteiger partial charge in [-0.1, -0.05) is 0 Å². The van der Waals surface area contributed by atoms with E-state index in [2.05, 4.69) is 10.1 Å². The Kier molecular flexibility index (Phi) is 5.87. The number of hydrogen-bond acceptors (Lipinski definition) is 4. The third-order valence-electron chi connectivity index (χ3n) is 1.37. The molecule has 0 aromatic carbocycles. The summed E-state index contributed by atoms with van der Waals surface area (Å²) in [6.45, 7) is 0. The molecule has 4 heteroatoms. The van der Waals surface area contributed by atoms with E-state index >= 15 is 0 Å². The van der Waals surface area contributed by atoms with Gasteiger partial charge < -0.3 is 14.8 Å².